The smallest absolute Gasteiger partial charge is 0.124 e. The van der Waals surface area contributed by atoms with Gasteiger partial charge in [0, 0.05) is 23.8 Å². The van der Waals surface area contributed by atoms with Crippen molar-refractivity contribution in [2.45, 2.75) is 43.5 Å². The second kappa shape index (κ2) is 8.09. The number of piperidine rings is 1. The number of quaternary nitrogens is 1. The summed E-state index contributed by atoms with van der Waals surface area (Å²) in [4.78, 5) is 1.69. The highest BCUT2D eigenvalue weighted by Gasteiger charge is 2.46. The van der Waals surface area contributed by atoms with Gasteiger partial charge in [0.15, 0.2) is 0 Å². The van der Waals surface area contributed by atoms with E-state index in [0.29, 0.717) is 0 Å². The molecule has 2 bridgehead atoms. The molecule has 0 amide bonds. The van der Waals surface area contributed by atoms with Gasteiger partial charge >= 0.3 is 0 Å². The number of fused-ring (bicyclic) bond motifs is 6. The van der Waals surface area contributed by atoms with Crippen molar-refractivity contribution in [3.05, 3.63) is 59.2 Å². The predicted octanol–water partition coefficient (Wildman–Crippen LogP) is 2.51. The van der Waals surface area contributed by atoms with Crippen molar-refractivity contribution < 1.29 is 22.6 Å². The van der Waals surface area contributed by atoms with E-state index in [1.54, 1.807) is 30.4 Å². The van der Waals surface area contributed by atoms with Crippen LogP contribution < -0.4 is 9.64 Å². The van der Waals surface area contributed by atoms with Crippen LogP contribution in [0.2, 0.25) is 0 Å². The molecule has 6 heteroatoms. The van der Waals surface area contributed by atoms with Crippen LogP contribution in [0, 0.1) is 18.8 Å². The SMILES string of the molecule is COc1ccc2c(c1)CC[NH+]1C[C@@H]3CC[C@@H](C3)[C@H]21.Cc1ccc(S(=O)(=O)[O-])cc1. The first kappa shape index (κ1) is 20.4. The van der Waals surface area contributed by atoms with E-state index < -0.39 is 10.1 Å². The van der Waals surface area contributed by atoms with Gasteiger partial charge in [-0.2, -0.15) is 0 Å². The lowest BCUT2D eigenvalue weighted by Crippen LogP contribution is -3.15. The zero-order chi connectivity index (χ0) is 20.6. The summed E-state index contributed by atoms with van der Waals surface area (Å²) in [6.45, 7) is 4.58. The van der Waals surface area contributed by atoms with Crippen molar-refractivity contribution in [3.8, 4) is 5.75 Å². The molecule has 1 unspecified atom stereocenters. The molecule has 156 valence electrons. The van der Waals surface area contributed by atoms with Crippen LogP contribution in [0.25, 0.3) is 0 Å². The Kier molecular flexibility index (Phi) is 5.69. The molecule has 5 rings (SSSR count). The molecule has 3 aliphatic rings. The first-order valence-electron chi connectivity index (χ1n) is 10.4. The number of benzene rings is 2. The molecule has 5 nitrogen and oxygen atoms in total. The molecule has 1 N–H and O–H groups in total. The van der Waals surface area contributed by atoms with E-state index in [9.17, 15) is 13.0 Å². The Hall–Kier alpha value is -1.89. The van der Waals surface area contributed by atoms with Crippen molar-refractivity contribution in [1.82, 2.24) is 0 Å². The van der Waals surface area contributed by atoms with E-state index >= 15 is 0 Å². The maximum Gasteiger partial charge on any atom is 0.124 e. The largest absolute Gasteiger partial charge is 0.744 e. The van der Waals surface area contributed by atoms with Crippen molar-refractivity contribution in [3.63, 3.8) is 0 Å². The molecule has 0 aromatic heterocycles. The van der Waals surface area contributed by atoms with Gasteiger partial charge in [-0.05, 0) is 62.1 Å². The van der Waals surface area contributed by atoms with Gasteiger partial charge in [0.2, 0.25) is 0 Å². The molecule has 2 heterocycles. The minimum absolute atomic E-state index is 0.178. The summed E-state index contributed by atoms with van der Waals surface area (Å²) >= 11 is 0. The lowest BCUT2D eigenvalue weighted by Gasteiger charge is -2.41. The average Bonchev–Trinajstić information content (AvgIpc) is 3.08. The quantitative estimate of drug-likeness (QED) is 0.765. The predicted molar refractivity (Wildman–Crippen MR) is 110 cm³/mol. The zero-order valence-electron chi connectivity index (χ0n) is 17.1. The Bertz CT molecular complexity index is 971. The number of aryl methyl sites for hydroxylation is 1. The van der Waals surface area contributed by atoms with E-state index in [2.05, 4.69) is 18.2 Å². The standard InChI is InChI=1S/C16H21NO.C7H8O3S/c1-18-14-4-5-15-12(9-14)6-7-17-10-11-2-3-13(8-11)16(15)17;1-6-2-4-7(5-3-6)11(8,9)10/h4-5,9,11,13,16H,2-3,6-8,10H2,1H3;2-5H,1H3,(H,8,9,10)/t11-,13+,16-;/m1./s1. The Morgan fingerprint density at radius 3 is 2.55 bits per heavy atom. The molecule has 1 aliphatic carbocycles. The summed E-state index contributed by atoms with van der Waals surface area (Å²) in [6.07, 6.45) is 5.66. The monoisotopic (exact) mass is 415 g/mol. The van der Waals surface area contributed by atoms with Crippen LogP contribution in [-0.4, -0.2) is 33.2 Å². The van der Waals surface area contributed by atoms with Crippen LogP contribution in [0.3, 0.4) is 0 Å². The fraction of sp³-hybridized carbons (Fsp3) is 0.478. The van der Waals surface area contributed by atoms with Gasteiger partial charge in [-0.1, -0.05) is 17.7 Å². The van der Waals surface area contributed by atoms with Gasteiger partial charge in [0.05, 0.1) is 25.1 Å². The van der Waals surface area contributed by atoms with Gasteiger partial charge in [-0.25, -0.2) is 8.42 Å². The van der Waals surface area contributed by atoms with Crippen LogP contribution in [0.1, 0.15) is 42.0 Å². The molecule has 29 heavy (non-hydrogen) atoms. The van der Waals surface area contributed by atoms with Crippen molar-refractivity contribution in [2.75, 3.05) is 20.2 Å². The Labute approximate surface area is 173 Å². The van der Waals surface area contributed by atoms with E-state index in [4.69, 9.17) is 4.74 Å². The molecule has 0 radical (unpaired) electrons. The second-order valence-electron chi connectivity index (χ2n) is 8.61. The van der Waals surface area contributed by atoms with Gasteiger partial charge in [-0.3, -0.25) is 0 Å². The van der Waals surface area contributed by atoms with E-state index in [1.807, 2.05) is 11.8 Å². The zero-order valence-corrected chi connectivity index (χ0v) is 17.9. The third kappa shape index (κ3) is 4.34. The third-order valence-electron chi connectivity index (χ3n) is 6.75. The minimum atomic E-state index is -4.27. The molecule has 2 fully saturated rings. The van der Waals surface area contributed by atoms with Crippen LogP contribution in [0.15, 0.2) is 47.4 Å². The van der Waals surface area contributed by atoms with E-state index in [-0.39, 0.29) is 4.90 Å². The molecule has 2 aromatic carbocycles. The van der Waals surface area contributed by atoms with Gasteiger partial charge in [0.1, 0.15) is 21.9 Å². The number of methoxy groups -OCH3 is 1. The molecule has 2 aliphatic heterocycles. The van der Waals surface area contributed by atoms with Crippen LogP contribution in [-0.2, 0) is 16.5 Å². The molecular formula is C23H29NO4S. The summed E-state index contributed by atoms with van der Waals surface area (Å²) in [7, 11) is -2.50. The second-order valence-corrected chi connectivity index (χ2v) is 9.99. The summed E-state index contributed by atoms with van der Waals surface area (Å²) < 4.78 is 36.5. The molecule has 2 aromatic rings. The highest BCUT2D eigenvalue weighted by atomic mass is 32.2. The number of hydrogen-bond acceptors (Lipinski definition) is 4. The summed E-state index contributed by atoms with van der Waals surface area (Å²) in [5, 5.41) is 0. The third-order valence-corrected chi connectivity index (χ3v) is 7.60. The molecule has 0 spiro atoms. The van der Waals surface area contributed by atoms with Crippen LogP contribution >= 0.6 is 0 Å². The van der Waals surface area contributed by atoms with E-state index in [0.717, 1.165) is 29.2 Å². The Morgan fingerprint density at radius 1 is 1.10 bits per heavy atom. The van der Waals surface area contributed by atoms with Gasteiger partial charge < -0.3 is 14.2 Å². The highest BCUT2D eigenvalue weighted by Crippen LogP contribution is 2.42. The first-order valence-corrected chi connectivity index (χ1v) is 11.8. The minimum Gasteiger partial charge on any atom is -0.744 e. The van der Waals surface area contributed by atoms with E-state index in [1.165, 1.54) is 50.9 Å². The lowest BCUT2D eigenvalue weighted by atomic mass is 9.80. The maximum absolute atomic E-state index is 10.4. The Balaban J connectivity index is 0.000000161. The molecule has 1 saturated carbocycles. The van der Waals surface area contributed by atoms with Crippen molar-refractivity contribution in [1.29, 1.82) is 0 Å². The van der Waals surface area contributed by atoms with Crippen molar-refractivity contribution in [2.24, 2.45) is 11.8 Å². The van der Waals surface area contributed by atoms with Gasteiger partial charge in [0.25, 0.3) is 0 Å². The number of hydrogen-bond donors (Lipinski definition) is 1. The number of rotatable bonds is 2. The maximum atomic E-state index is 10.4. The number of ether oxygens (including phenoxy) is 1. The Morgan fingerprint density at radius 2 is 1.86 bits per heavy atom. The molecule has 1 saturated heterocycles. The fourth-order valence-corrected chi connectivity index (χ4v) is 5.86. The summed E-state index contributed by atoms with van der Waals surface area (Å²) in [5.74, 6) is 3.00. The van der Waals surface area contributed by atoms with Crippen molar-refractivity contribution >= 4 is 10.1 Å². The summed E-state index contributed by atoms with van der Waals surface area (Å²) in [5.41, 5.74) is 4.10. The first-order chi connectivity index (χ1) is 13.8. The van der Waals surface area contributed by atoms with Crippen LogP contribution in [0.5, 0.6) is 5.75 Å². The highest BCUT2D eigenvalue weighted by molar-refractivity contribution is 7.85. The molecular weight excluding hydrogens is 386 g/mol. The van der Waals surface area contributed by atoms with Gasteiger partial charge in [-0.15, -0.1) is 0 Å². The fourth-order valence-electron chi connectivity index (χ4n) is 5.39. The number of nitrogens with one attached hydrogen (secondary N) is 1. The normalized spacial score (nSPS) is 27.3. The topological polar surface area (TPSA) is 70.9 Å². The van der Waals surface area contributed by atoms with Crippen LogP contribution in [0.4, 0.5) is 0 Å². The average molecular weight is 416 g/mol. The molecule has 4 atom stereocenters. The lowest BCUT2D eigenvalue weighted by molar-refractivity contribution is -0.945. The summed E-state index contributed by atoms with van der Waals surface area (Å²) in [6, 6.07) is 13.3.